The molecule has 1 rings (SSSR count). The predicted molar refractivity (Wildman–Crippen MR) is 104 cm³/mol. The van der Waals surface area contributed by atoms with Gasteiger partial charge in [-0.05, 0) is 37.7 Å². The highest BCUT2D eigenvalue weighted by atomic mass is 32.2. The molecule has 0 bridgehead atoms. The van der Waals surface area contributed by atoms with Gasteiger partial charge >= 0.3 is 17.2 Å². The number of para-hydroxylation sites is 1. The van der Waals surface area contributed by atoms with Gasteiger partial charge in [0.1, 0.15) is 11.8 Å². The van der Waals surface area contributed by atoms with Gasteiger partial charge in [0.2, 0.25) is 12.7 Å². The van der Waals surface area contributed by atoms with Crippen LogP contribution in [0.3, 0.4) is 0 Å². The summed E-state index contributed by atoms with van der Waals surface area (Å²) in [6, 6.07) is 7.24. The van der Waals surface area contributed by atoms with Crippen LogP contribution in [0.1, 0.15) is 34.6 Å². The molecule has 1 amide bonds. The number of hydrogen-bond donors (Lipinski definition) is 1. The molecule has 1 aromatic carbocycles. The topological polar surface area (TPSA) is 108 Å². The standard InChI is InChI=1S/C19H25NO7S/c1-12(2)16(22)25-11-26-18(24)28-19(4,5)15(20-13(3)21)17(23)27-14-9-7-6-8-10-14/h6-10,12,15H,11H2,1-5H3,(H,20,21)/t15-/m0/s1. The number of ether oxygens (including phenoxy) is 3. The molecular weight excluding hydrogens is 386 g/mol. The molecule has 0 aliphatic heterocycles. The molecule has 9 heteroatoms. The van der Waals surface area contributed by atoms with E-state index in [1.807, 2.05) is 0 Å². The molecule has 0 aliphatic carbocycles. The summed E-state index contributed by atoms with van der Waals surface area (Å²) >= 11 is 0.683. The maximum absolute atomic E-state index is 12.6. The van der Waals surface area contributed by atoms with Crippen molar-refractivity contribution >= 4 is 34.9 Å². The number of rotatable bonds is 8. The highest BCUT2D eigenvalue weighted by Crippen LogP contribution is 2.31. The van der Waals surface area contributed by atoms with Crippen LogP contribution in [0.5, 0.6) is 5.75 Å². The summed E-state index contributed by atoms with van der Waals surface area (Å²) in [6.07, 6.45) is 0. The van der Waals surface area contributed by atoms with Crippen LogP contribution in [0.15, 0.2) is 30.3 Å². The normalized spacial score (nSPS) is 12.1. The van der Waals surface area contributed by atoms with Gasteiger partial charge in [0.25, 0.3) is 0 Å². The second-order valence-electron chi connectivity index (χ2n) is 6.70. The van der Waals surface area contributed by atoms with Crippen LogP contribution in [0, 0.1) is 5.92 Å². The number of thioether (sulfide) groups is 1. The van der Waals surface area contributed by atoms with Crippen LogP contribution in [-0.2, 0) is 23.9 Å². The van der Waals surface area contributed by atoms with Gasteiger partial charge in [-0.15, -0.1) is 0 Å². The van der Waals surface area contributed by atoms with Crippen molar-refractivity contribution in [2.45, 2.75) is 45.4 Å². The van der Waals surface area contributed by atoms with Crippen LogP contribution < -0.4 is 10.1 Å². The smallest absolute Gasteiger partial charge is 0.370 e. The highest BCUT2D eigenvalue weighted by molar-refractivity contribution is 8.14. The molecule has 0 aliphatic rings. The zero-order valence-corrected chi connectivity index (χ0v) is 17.3. The number of amides is 1. The van der Waals surface area contributed by atoms with Gasteiger partial charge in [0, 0.05) is 6.92 Å². The Morgan fingerprint density at radius 3 is 2.18 bits per heavy atom. The van der Waals surface area contributed by atoms with Gasteiger partial charge in [-0.2, -0.15) is 0 Å². The van der Waals surface area contributed by atoms with Crippen molar-refractivity contribution in [3.05, 3.63) is 30.3 Å². The molecule has 1 atom stereocenters. The Morgan fingerprint density at radius 2 is 1.64 bits per heavy atom. The molecule has 0 unspecified atom stereocenters. The zero-order chi connectivity index (χ0) is 21.3. The first-order chi connectivity index (χ1) is 13.0. The van der Waals surface area contributed by atoms with Gasteiger partial charge in [0.05, 0.1) is 10.7 Å². The fourth-order valence-corrected chi connectivity index (χ4v) is 2.80. The summed E-state index contributed by atoms with van der Waals surface area (Å²) in [5.74, 6) is -1.72. The Balaban J connectivity index is 2.75. The molecule has 28 heavy (non-hydrogen) atoms. The van der Waals surface area contributed by atoms with Crippen LogP contribution in [0.2, 0.25) is 0 Å². The van der Waals surface area contributed by atoms with Crippen LogP contribution >= 0.6 is 11.8 Å². The Hall–Kier alpha value is -2.55. The van der Waals surface area contributed by atoms with E-state index in [-0.39, 0.29) is 5.92 Å². The molecule has 0 fully saturated rings. The molecular formula is C19H25NO7S. The lowest BCUT2D eigenvalue weighted by Crippen LogP contribution is -2.54. The van der Waals surface area contributed by atoms with Crippen molar-refractivity contribution in [1.29, 1.82) is 0 Å². The third kappa shape index (κ3) is 7.99. The van der Waals surface area contributed by atoms with Crippen molar-refractivity contribution in [3.63, 3.8) is 0 Å². The summed E-state index contributed by atoms with van der Waals surface area (Å²) in [5, 5.41) is 1.75. The minimum atomic E-state index is -1.12. The summed E-state index contributed by atoms with van der Waals surface area (Å²) in [5.41, 5.74) is 0. The molecule has 1 N–H and O–H groups in total. The third-order valence-corrected chi connectivity index (χ3v) is 4.48. The fraction of sp³-hybridized carbons (Fsp3) is 0.474. The van der Waals surface area contributed by atoms with E-state index < -0.39 is 40.7 Å². The van der Waals surface area contributed by atoms with Crippen molar-refractivity contribution < 1.29 is 33.4 Å². The Labute approximate surface area is 168 Å². The van der Waals surface area contributed by atoms with Gasteiger partial charge in [-0.1, -0.05) is 32.0 Å². The molecule has 8 nitrogen and oxygen atoms in total. The quantitative estimate of drug-likeness (QED) is 0.395. The van der Waals surface area contributed by atoms with Crippen molar-refractivity contribution in [3.8, 4) is 5.75 Å². The Bertz CT molecular complexity index is 703. The van der Waals surface area contributed by atoms with Gasteiger partial charge in [-0.25, -0.2) is 9.59 Å². The maximum Gasteiger partial charge on any atom is 0.370 e. The van der Waals surface area contributed by atoms with Crippen LogP contribution in [0.4, 0.5) is 4.79 Å². The highest BCUT2D eigenvalue weighted by Gasteiger charge is 2.40. The van der Waals surface area contributed by atoms with Crippen LogP contribution in [-0.4, -0.2) is 40.7 Å². The summed E-state index contributed by atoms with van der Waals surface area (Å²) in [6.45, 7) is 7.21. The first kappa shape index (κ1) is 23.5. The van der Waals surface area contributed by atoms with Crippen LogP contribution in [0.25, 0.3) is 0 Å². The lowest BCUT2D eigenvalue weighted by atomic mass is 10.0. The lowest BCUT2D eigenvalue weighted by Gasteiger charge is -2.31. The van der Waals surface area contributed by atoms with E-state index in [1.54, 1.807) is 58.0 Å². The van der Waals surface area contributed by atoms with Crippen molar-refractivity contribution in [1.82, 2.24) is 5.32 Å². The molecule has 0 heterocycles. The first-order valence-electron chi connectivity index (χ1n) is 8.59. The summed E-state index contributed by atoms with van der Waals surface area (Å²) < 4.78 is 13.8. The molecule has 154 valence electrons. The van der Waals surface area contributed by atoms with Crippen molar-refractivity contribution in [2.24, 2.45) is 5.92 Å². The van der Waals surface area contributed by atoms with Gasteiger partial charge < -0.3 is 19.5 Å². The van der Waals surface area contributed by atoms with Gasteiger partial charge in [0.15, 0.2) is 0 Å². The minimum absolute atomic E-state index is 0.312. The van der Waals surface area contributed by atoms with E-state index in [4.69, 9.17) is 14.2 Å². The van der Waals surface area contributed by atoms with E-state index in [9.17, 15) is 19.2 Å². The second kappa shape index (κ2) is 10.7. The number of carbonyl (C=O) groups is 4. The third-order valence-electron chi connectivity index (χ3n) is 3.44. The lowest BCUT2D eigenvalue weighted by molar-refractivity contribution is -0.155. The number of hydrogen-bond acceptors (Lipinski definition) is 8. The largest absolute Gasteiger partial charge is 0.428 e. The van der Waals surface area contributed by atoms with Crippen molar-refractivity contribution in [2.75, 3.05) is 6.79 Å². The number of benzene rings is 1. The average Bonchev–Trinajstić information content (AvgIpc) is 2.59. The summed E-state index contributed by atoms with van der Waals surface area (Å²) in [4.78, 5) is 47.6. The molecule has 0 spiro atoms. The summed E-state index contributed by atoms with van der Waals surface area (Å²) in [7, 11) is 0. The Kier molecular flexibility index (Phi) is 8.98. The first-order valence-corrected chi connectivity index (χ1v) is 9.41. The van der Waals surface area contributed by atoms with E-state index in [0.29, 0.717) is 17.5 Å². The Morgan fingerprint density at radius 1 is 1.04 bits per heavy atom. The average molecular weight is 411 g/mol. The fourth-order valence-electron chi connectivity index (χ4n) is 1.99. The van der Waals surface area contributed by atoms with E-state index in [2.05, 4.69) is 5.32 Å². The molecule has 1 aromatic rings. The minimum Gasteiger partial charge on any atom is -0.428 e. The van der Waals surface area contributed by atoms with E-state index in [0.717, 1.165) is 0 Å². The maximum atomic E-state index is 12.6. The zero-order valence-electron chi connectivity index (χ0n) is 16.5. The van der Waals surface area contributed by atoms with E-state index in [1.165, 1.54) is 6.92 Å². The SMILES string of the molecule is CC(=O)N[C@@H](C(=O)Oc1ccccc1)C(C)(C)SC(=O)OCOC(=O)C(C)C. The predicted octanol–water partition coefficient (Wildman–Crippen LogP) is 2.90. The molecule has 0 aromatic heterocycles. The molecule has 0 radical (unpaired) electrons. The molecule has 0 saturated carbocycles. The monoisotopic (exact) mass is 411 g/mol. The van der Waals surface area contributed by atoms with E-state index >= 15 is 0 Å². The second-order valence-corrected chi connectivity index (χ2v) is 8.29. The number of nitrogens with one attached hydrogen (secondary N) is 1. The molecule has 0 saturated heterocycles. The van der Waals surface area contributed by atoms with Gasteiger partial charge in [-0.3, -0.25) is 9.59 Å². The number of carbonyl (C=O) groups excluding carboxylic acids is 4. The number of esters is 2.